The Bertz CT molecular complexity index is 339. The van der Waals surface area contributed by atoms with Crippen LogP contribution in [0.3, 0.4) is 0 Å². The lowest BCUT2D eigenvalue weighted by Crippen LogP contribution is -2.46. The summed E-state index contributed by atoms with van der Waals surface area (Å²) in [5.74, 6) is 1.00. The molecule has 0 N–H and O–H groups in total. The van der Waals surface area contributed by atoms with Crippen LogP contribution >= 0.6 is 11.6 Å². The van der Waals surface area contributed by atoms with Gasteiger partial charge < -0.3 is 4.74 Å². The molecule has 2 heterocycles. The molecule has 0 aliphatic carbocycles. The van der Waals surface area contributed by atoms with Crippen LogP contribution in [0.5, 0.6) is 0 Å². The van der Waals surface area contributed by atoms with Gasteiger partial charge in [0.2, 0.25) is 5.15 Å². The molecule has 1 aliphatic rings. The first kappa shape index (κ1) is 10.6. The van der Waals surface area contributed by atoms with Crippen LogP contribution < -0.4 is 9.47 Å². The molecule has 0 aromatic carbocycles. The summed E-state index contributed by atoms with van der Waals surface area (Å²) in [6, 6.07) is 0. The molecule has 0 radical (unpaired) electrons. The van der Waals surface area contributed by atoms with Gasteiger partial charge >= 0.3 is 5.82 Å². The molecule has 1 saturated heterocycles. The Morgan fingerprint density at radius 3 is 2.93 bits per heavy atom. The molecule has 0 amide bonds. The van der Waals surface area contributed by atoms with E-state index in [9.17, 15) is 0 Å². The summed E-state index contributed by atoms with van der Waals surface area (Å²) in [7, 11) is 0. The Morgan fingerprint density at radius 2 is 2.27 bits per heavy atom. The maximum Gasteiger partial charge on any atom is 0.315 e. The van der Waals surface area contributed by atoms with Crippen molar-refractivity contribution in [1.29, 1.82) is 0 Å². The second kappa shape index (κ2) is 4.77. The third kappa shape index (κ3) is 2.21. The van der Waals surface area contributed by atoms with Gasteiger partial charge in [-0.3, -0.25) is 4.90 Å². The normalized spacial score (nSPS) is 16.8. The van der Waals surface area contributed by atoms with Crippen molar-refractivity contribution in [3.05, 3.63) is 17.5 Å². The smallest absolute Gasteiger partial charge is 0.315 e. The number of ether oxygens (including phenoxy) is 1. The number of hydrogen-bond acceptors (Lipinski definition) is 3. The maximum atomic E-state index is 6.13. The van der Waals surface area contributed by atoms with Crippen molar-refractivity contribution in [2.45, 2.75) is 13.5 Å². The number of nitrogens with zero attached hydrogens (tertiary/aromatic N) is 3. The number of halogens is 1. The fourth-order valence-corrected chi connectivity index (χ4v) is 2.05. The van der Waals surface area contributed by atoms with Crippen LogP contribution in [0.25, 0.3) is 0 Å². The summed E-state index contributed by atoms with van der Waals surface area (Å²) in [5, 5.41) is 0.571. The zero-order valence-electron chi connectivity index (χ0n) is 8.82. The van der Waals surface area contributed by atoms with E-state index in [4.69, 9.17) is 16.3 Å². The Morgan fingerprint density at radius 1 is 1.53 bits per heavy atom. The van der Waals surface area contributed by atoms with Crippen molar-refractivity contribution in [2.75, 3.05) is 31.2 Å². The number of hydrogen-bond donors (Lipinski definition) is 0. The Balaban J connectivity index is 2.31. The van der Waals surface area contributed by atoms with Gasteiger partial charge in [0, 0.05) is 0 Å². The van der Waals surface area contributed by atoms with E-state index in [1.54, 1.807) is 6.20 Å². The lowest BCUT2D eigenvalue weighted by molar-refractivity contribution is -0.681. The van der Waals surface area contributed by atoms with Crippen molar-refractivity contribution in [3.8, 4) is 0 Å². The van der Waals surface area contributed by atoms with E-state index in [0.717, 1.165) is 38.7 Å². The molecule has 2 rings (SSSR count). The van der Waals surface area contributed by atoms with E-state index >= 15 is 0 Å². The summed E-state index contributed by atoms with van der Waals surface area (Å²) >= 11 is 6.13. The summed E-state index contributed by atoms with van der Waals surface area (Å²) in [6.07, 6.45) is 3.69. The van der Waals surface area contributed by atoms with Gasteiger partial charge in [-0.05, 0) is 6.92 Å². The number of aryl methyl sites for hydroxylation is 1. The Labute approximate surface area is 94.4 Å². The standard InChI is InChI=1S/C10H15ClN3O/c1-2-13-4-3-12-9(11)10(13)14-5-7-15-8-6-14/h3-4H,2,5-8H2,1H3/q+1. The molecule has 1 aliphatic heterocycles. The number of morpholine rings is 1. The molecule has 0 saturated carbocycles. The number of anilines is 1. The van der Waals surface area contributed by atoms with E-state index in [0.29, 0.717) is 5.15 Å². The molecule has 5 heteroatoms. The zero-order chi connectivity index (χ0) is 10.7. The highest BCUT2D eigenvalue weighted by molar-refractivity contribution is 6.31. The van der Waals surface area contributed by atoms with Gasteiger partial charge in [-0.2, -0.15) is 0 Å². The van der Waals surface area contributed by atoms with Crippen molar-refractivity contribution < 1.29 is 9.30 Å². The molecule has 4 nitrogen and oxygen atoms in total. The van der Waals surface area contributed by atoms with Gasteiger partial charge in [-0.15, -0.1) is 0 Å². The van der Waals surface area contributed by atoms with E-state index in [1.165, 1.54) is 0 Å². The minimum absolute atomic E-state index is 0.571. The van der Waals surface area contributed by atoms with Gasteiger partial charge in [0.25, 0.3) is 0 Å². The van der Waals surface area contributed by atoms with Gasteiger partial charge in [-0.1, -0.05) is 11.6 Å². The van der Waals surface area contributed by atoms with E-state index in [1.807, 2.05) is 6.20 Å². The van der Waals surface area contributed by atoms with Crippen LogP contribution in [0.15, 0.2) is 12.4 Å². The topological polar surface area (TPSA) is 29.2 Å². The minimum atomic E-state index is 0.571. The quantitative estimate of drug-likeness (QED) is 0.704. The molecule has 1 fully saturated rings. The highest BCUT2D eigenvalue weighted by Gasteiger charge is 2.25. The number of aromatic nitrogens is 2. The predicted molar refractivity (Wildman–Crippen MR) is 58.1 cm³/mol. The van der Waals surface area contributed by atoms with E-state index < -0.39 is 0 Å². The highest BCUT2D eigenvalue weighted by Crippen LogP contribution is 2.19. The lowest BCUT2D eigenvalue weighted by Gasteiger charge is -2.23. The second-order valence-corrected chi connectivity index (χ2v) is 3.79. The summed E-state index contributed by atoms with van der Waals surface area (Å²) in [6.45, 7) is 6.27. The fourth-order valence-electron chi connectivity index (χ4n) is 1.77. The van der Waals surface area contributed by atoms with Crippen LogP contribution in [0.4, 0.5) is 5.82 Å². The Kier molecular flexibility index (Phi) is 3.38. The second-order valence-electron chi connectivity index (χ2n) is 3.43. The summed E-state index contributed by atoms with van der Waals surface area (Å²) < 4.78 is 7.43. The zero-order valence-corrected chi connectivity index (χ0v) is 9.57. The van der Waals surface area contributed by atoms with Crippen molar-refractivity contribution in [2.24, 2.45) is 0 Å². The summed E-state index contributed by atoms with van der Waals surface area (Å²) in [5.41, 5.74) is 0. The molecule has 0 unspecified atom stereocenters. The molecular formula is C10H15ClN3O+. The molecule has 0 spiro atoms. The molecule has 1 aromatic heterocycles. The van der Waals surface area contributed by atoms with Crippen LogP contribution in [-0.2, 0) is 11.3 Å². The fraction of sp³-hybridized carbons (Fsp3) is 0.600. The maximum absolute atomic E-state index is 6.13. The van der Waals surface area contributed by atoms with Crippen molar-refractivity contribution in [1.82, 2.24) is 4.98 Å². The molecule has 82 valence electrons. The number of rotatable bonds is 2. The molecular weight excluding hydrogens is 214 g/mol. The molecule has 0 atom stereocenters. The van der Waals surface area contributed by atoms with Gasteiger partial charge in [-0.25, -0.2) is 9.55 Å². The Hall–Kier alpha value is -0.870. The first-order chi connectivity index (χ1) is 7.33. The first-order valence-electron chi connectivity index (χ1n) is 5.19. The average molecular weight is 229 g/mol. The van der Waals surface area contributed by atoms with Crippen LogP contribution in [0.1, 0.15) is 6.92 Å². The van der Waals surface area contributed by atoms with Crippen LogP contribution in [0, 0.1) is 0 Å². The third-order valence-corrected chi connectivity index (χ3v) is 2.81. The highest BCUT2D eigenvalue weighted by atomic mass is 35.5. The first-order valence-corrected chi connectivity index (χ1v) is 5.57. The average Bonchev–Trinajstić information content (AvgIpc) is 2.29. The molecule has 1 aromatic rings. The summed E-state index contributed by atoms with van der Waals surface area (Å²) in [4.78, 5) is 6.35. The van der Waals surface area contributed by atoms with Crippen LogP contribution in [0.2, 0.25) is 5.15 Å². The van der Waals surface area contributed by atoms with Gasteiger partial charge in [0.05, 0.1) is 26.0 Å². The van der Waals surface area contributed by atoms with Gasteiger partial charge in [0.15, 0.2) is 0 Å². The predicted octanol–water partition coefficient (Wildman–Crippen LogP) is 0.879. The lowest BCUT2D eigenvalue weighted by atomic mass is 10.4. The van der Waals surface area contributed by atoms with Crippen molar-refractivity contribution in [3.63, 3.8) is 0 Å². The van der Waals surface area contributed by atoms with Crippen LogP contribution in [-0.4, -0.2) is 31.3 Å². The SMILES string of the molecule is CC[n+]1ccnc(Cl)c1N1CCOCC1. The molecule has 0 bridgehead atoms. The monoisotopic (exact) mass is 228 g/mol. The largest absolute Gasteiger partial charge is 0.373 e. The molecule has 15 heavy (non-hydrogen) atoms. The van der Waals surface area contributed by atoms with E-state index in [2.05, 4.69) is 21.4 Å². The third-order valence-electron chi connectivity index (χ3n) is 2.54. The minimum Gasteiger partial charge on any atom is -0.373 e. The van der Waals surface area contributed by atoms with E-state index in [-0.39, 0.29) is 0 Å². The van der Waals surface area contributed by atoms with Crippen molar-refractivity contribution >= 4 is 17.4 Å². The van der Waals surface area contributed by atoms with Gasteiger partial charge in [0.1, 0.15) is 19.3 Å².